The Kier molecular flexibility index (Phi) is 13.9. The summed E-state index contributed by atoms with van der Waals surface area (Å²) in [6, 6.07) is 64.3. The molecule has 0 aliphatic carbocycles. The van der Waals surface area contributed by atoms with E-state index < -0.39 is 24.3 Å². The highest BCUT2D eigenvalue weighted by atomic mass is 32.2. The molecule has 0 bridgehead atoms. The third-order valence-electron chi connectivity index (χ3n) is 6.75. The molecule has 0 aromatic heterocycles. The number of hydrogen-bond acceptors (Lipinski definition) is 4. The number of benzene rings is 6. The van der Waals surface area contributed by atoms with E-state index in [1.54, 1.807) is 0 Å². The maximum atomic E-state index is 9.83. The fraction of sp³-hybridized carbons (Fsp3) is 0.0732. The lowest BCUT2D eigenvalue weighted by Crippen LogP contribution is -2.34. The van der Waals surface area contributed by atoms with Gasteiger partial charge >= 0.3 is 0 Å². The van der Waals surface area contributed by atoms with Crippen LogP contribution >= 0.6 is 0 Å². The van der Waals surface area contributed by atoms with Crippen molar-refractivity contribution < 1.29 is 19.8 Å². The van der Waals surface area contributed by atoms with Crippen LogP contribution in [-0.4, -0.2) is 11.9 Å². The number of carbonyl (C=O) groups is 2. The van der Waals surface area contributed by atoms with Crippen LogP contribution in [0.3, 0.4) is 0 Å². The van der Waals surface area contributed by atoms with Gasteiger partial charge in [0.1, 0.15) is 0 Å². The Bertz CT molecular complexity index is 1450. The van der Waals surface area contributed by atoms with Gasteiger partial charge in [-0.25, -0.2) is 0 Å². The number of aliphatic carboxylic acids is 2. The lowest BCUT2D eigenvalue weighted by Gasteiger charge is -2.11. The molecule has 4 nitrogen and oxygen atoms in total. The second-order valence-corrected chi connectivity index (χ2v) is 14.3. The summed E-state index contributed by atoms with van der Waals surface area (Å²) in [5.74, 6) is -3.69. The van der Waals surface area contributed by atoms with E-state index in [9.17, 15) is 19.8 Å². The molecule has 0 fully saturated rings. The molecule has 0 amide bonds. The van der Waals surface area contributed by atoms with Crippen molar-refractivity contribution in [2.24, 2.45) is 5.92 Å². The average molecular weight is 657 g/mol. The molecule has 6 rings (SSSR count). The molecular formula is C41H36O4S2. The van der Waals surface area contributed by atoms with Gasteiger partial charge < -0.3 is 19.8 Å². The number of hydrogen-bond donors (Lipinski definition) is 0. The molecule has 6 aromatic rings. The highest BCUT2D eigenvalue weighted by molar-refractivity contribution is 7.97. The molecule has 0 heterocycles. The molecule has 47 heavy (non-hydrogen) atoms. The second kappa shape index (κ2) is 18.8. The summed E-state index contributed by atoms with van der Waals surface area (Å²) in [5.41, 5.74) is 0. The van der Waals surface area contributed by atoms with Crippen LogP contribution in [0.1, 0.15) is 13.3 Å². The monoisotopic (exact) mass is 656 g/mol. The van der Waals surface area contributed by atoms with Crippen LogP contribution in [0.5, 0.6) is 0 Å². The van der Waals surface area contributed by atoms with E-state index in [2.05, 4.69) is 182 Å². The van der Waals surface area contributed by atoms with Crippen molar-refractivity contribution in [2.75, 3.05) is 0 Å². The van der Waals surface area contributed by atoms with Crippen molar-refractivity contribution in [3.63, 3.8) is 0 Å². The van der Waals surface area contributed by atoms with Gasteiger partial charge in [-0.1, -0.05) is 116 Å². The van der Waals surface area contributed by atoms with Crippen molar-refractivity contribution >= 4 is 33.7 Å². The lowest BCUT2D eigenvalue weighted by molar-refractivity contribution is -0.320. The predicted molar refractivity (Wildman–Crippen MR) is 187 cm³/mol. The predicted octanol–water partition coefficient (Wildman–Crippen LogP) is 7.08. The Morgan fingerprint density at radius 2 is 0.617 bits per heavy atom. The van der Waals surface area contributed by atoms with E-state index in [4.69, 9.17) is 0 Å². The van der Waals surface area contributed by atoms with Gasteiger partial charge in [0, 0.05) is 17.9 Å². The standard InChI is InChI=1S/2C18H15S.C5H8O4/c2*1-4-10-16(11-5-1)19(17-12-6-2-7-13-17)18-14-8-3-9-15-18;1-3(5(8)9)2-4(6)7/h2*1-15H;3H,2H2,1H3,(H,6,7)(H,8,9)/q2*+1;/p-2. The molecular weight excluding hydrogens is 621 g/mol. The van der Waals surface area contributed by atoms with Crippen molar-refractivity contribution in [1.29, 1.82) is 0 Å². The fourth-order valence-corrected chi connectivity index (χ4v) is 8.70. The average Bonchev–Trinajstić information content (AvgIpc) is 3.12. The first-order valence-corrected chi connectivity index (χ1v) is 17.6. The first-order chi connectivity index (χ1) is 22.9. The van der Waals surface area contributed by atoms with Crippen molar-refractivity contribution in [1.82, 2.24) is 0 Å². The van der Waals surface area contributed by atoms with E-state index in [0.717, 1.165) is 0 Å². The maximum Gasteiger partial charge on any atom is 0.166 e. The maximum absolute atomic E-state index is 9.83. The largest absolute Gasteiger partial charge is 0.550 e. The Morgan fingerprint density at radius 1 is 0.426 bits per heavy atom. The smallest absolute Gasteiger partial charge is 0.166 e. The minimum Gasteiger partial charge on any atom is -0.550 e. The Morgan fingerprint density at radius 3 is 0.745 bits per heavy atom. The van der Waals surface area contributed by atoms with Gasteiger partial charge in [-0.3, -0.25) is 0 Å². The summed E-state index contributed by atoms with van der Waals surface area (Å²) in [6.45, 7) is 1.26. The SMILES string of the molecule is CC(CC(=O)[O-])C(=O)[O-].c1ccc([S+](c2ccccc2)c2ccccc2)cc1.c1ccc([S+](c2ccccc2)c2ccccc2)cc1. The third-order valence-corrected chi connectivity index (χ3v) is 11.2. The molecule has 0 spiro atoms. The van der Waals surface area contributed by atoms with Crippen LogP contribution in [0, 0.1) is 5.92 Å². The van der Waals surface area contributed by atoms with E-state index >= 15 is 0 Å². The molecule has 1 atom stereocenters. The second-order valence-electron chi connectivity index (χ2n) is 10.3. The van der Waals surface area contributed by atoms with Crippen LogP contribution in [0.4, 0.5) is 0 Å². The van der Waals surface area contributed by atoms with Gasteiger partial charge in [0.2, 0.25) is 0 Å². The summed E-state index contributed by atoms with van der Waals surface area (Å²) in [5, 5.41) is 19.5. The molecule has 0 radical (unpaired) electrons. The van der Waals surface area contributed by atoms with E-state index in [0.29, 0.717) is 0 Å². The molecule has 1 unspecified atom stereocenters. The first kappa shape index (κ1) is 34.8. The van der Waals surface area contributed by atoms with Crippen LogP contribution in [-0.2, 0) is 31.4 Å². The van der Waals surface area contributed by atoms with Gasteiger partial charge in [0.15, 0.2) is 29.4 Å². The van der Waals surface area contributed by atoms with Crippen molar-refractivity contribution in [3.8, 4) is 0 Å². The first-order valence-electron chi connectivity index (χ1n) is 15.1. The Hall–Kier alpha value is -5.04. The highest BCUT2D eigenvalue weighted by Crippen LogP contribution is 2.31. The van der Waals surface area contributed by atoms with Gasteiger partial charge in [-0.05, 0) is 79.2 Å². The summed E-state index contributed by atoms with van der Waals surface area (Å²) in [6.07, 6.45) is -0.484. The van der Waals surface area contributed by atoms with E-state index in [-0.39, 0.29) is 21.8 Å². The van der Waals surface area contributed by atoms with Gasteiger partial charge in [0.25, 0.3) is 0 Å². The zero-order valence-corrected chi connectivity index (χ0v) is 27.7. The molecule has 0 aliphatic heterocycles. The van der Waals surface area contributed by atoms with Gasteiger partial charge in [0.05, 0.1) is 21.8 Å². The number of carboxylic acids is 2. The van der Waals surface area contributed by atoms with Crippen molar-refractivity contribution in [2.45, 2.75) is 42.7 Å². The minimum absolute atomic E-state index is 0.0146. The zero-order valence-electron chi connectivity index (χ0n) is 26.1. The quantitative estimate of drug-likeness (QED) is 0.156. The summed E-state index contributed by atoms with van der Waals surface area (Å²) in [4.78, 5) is 27.7. The number of carbonyl (C=O) groups excluding carboxylic acids is 2. The molecule has 6 heteroatoms. The summed E-state index contributed by atoms with van der Waals surface area (Å²) >= 11 is 0. The Labute approximate surface area is 283 Å². The molecule has 0 saturated heterocycles. The van der Waals surface area contributed by atoms with Crippen LogP contribution in [0.25, 0.3) is 0 Å². The molecule has 6 aromatic carbocycles. The molecule has 0 aliphatic rings. The van der Waals surface area contributed by atoms with Crippen LogP contribution in [0.2, 0.25) is 0 Å². The van der Waals surface area contributed by atoms with Gasteiger partial charge in [-0.15, -0.1) is 0 Å². The molecule has 0 N–H and O–H groups in total. The number of rotatable bonds is 9. The normalized spacial score (nSPS) is 11.0. The van der Waals surface area contributed by atoms with Gasteiger partial charge in [-0.2, -0.15) is 0 Å². The molecule has 0 saturated carbocycles. The molecule has 236 valence electrons. The lowest BCUT2D eigenvalue weighted by atomic mass is 10.1. The minimum atomic E-state index is -1.37. The van der Waals surface area contributed by atoms with Crippen LogP contribution < -0.4 is 10.2 Å². The third kappa shape index (κ3) is 11.1. The zero-order chi connectivity index (χ0) is 33.3. The summed E-state index contributed by atoms with van der Waals surface area (Å²) in [7, 11) is -0.0293. The van der Waals surface area contributed by atoms with Crippen LogP contribution in [0.15, 0.2) is 211 Å². The van der Waals surface area contributed by atoms with Crippen molar-refractivity contribution in [3.05, 3.63) is 182 Å². The highest BCUT2D eigenvalue weighted by Gasteiger charge is 2.28. The number of carboxylic acid groups (broad SMARTS) is 2. The fourth-order valence-electron chi connectivity index (χ4n) is 4.49. The summed E-state index contributed by atoms with van der Waals surface area (Å²) < 4.78 is 0. The Balaban J connectivity index is 0.000000171. The van der Waals surface area contributed by atoms with E-state index in [1.807, 2.05) is 0 Å². The van der Waals surface area contributed by atoms with E-state index in [1.165, 1.54) is 36.3 Å². The topological polar surface area (TPSA) is 80.3 Å².